The summed E-state index contributed by atoms with van der Waals surface area (Å²) in [7, 11) is 0. The zero-order valence-corrected chi connectivity index (χ0v) is 13.2. The molecule has 3 saturated carbocycles. The van der Waals surface area contributed by atoms with Gasteiger partial charge in [0.2, 0.25) is 0 Å². The molecule has 0 aromatic rings. The molecule has 0 bridgehead atoms. The van der Waals surface area contributed by atoms with E-state index in [1.807, 2.05) is 32.1 Å². The summed E-state index contributed by atoms with van der Waals surface area (Å²) in [6.45, 7) is 2.10. The van der Waals surface area contributed by atoms with Gasteiger partial charge >= 0.3 is 17.1 Å². The Balaban J connectivity index is 0.000000283. The standard InChI is InChI=1S/C13H18N.C5H5.Fe/c1-10-6-5-9-12(10)13(14)11-7-3-2-4-8-11;1-2-4-5-3-1;/h5-6,9,11,14H,2-4,7-8H2,1H3;1-5H;/q;;+2. The maximum atomic E-state index is 8.18. The van der Waals surface area contributed by atoms with E-state index in [2.05, 4.69) is 26.2 Å². The minimum atomic E-state index is 0. The van der Waals surface area contributed by atoms with Gasteiger partial charge in [0.05, 0.1) is 0 Å². The van der Waals surface area contributed by atoms with Crippen molar-refractivity contribution in [2.75, 3.05) is 0 Å². The average molecular weight is 309 g/mol. The predicted molar refractivity (Wildman–Crippen MR) is 80.9 cm³/mol. The van der Waals surface area contributed by atoms with E-state index in [4.69, 9.17) is 5.41 Å². The quantitative estimate of drug-likeness (QED) is 0.577. The smallest absolute Gasteiger partial charge is 0.309 e. The first-order valence-corrected chi connectivity index (χ1v) is 7.27. The molecule has 20 heavy (non-hydrogen) atoms. The van der Waals surface area contributed by atoms with Gasteiger partial charge in [0.25, 0.3) is 0 Å². The van der Waals surface area contributed by atoms with E-state index in [1.54, 1.807) is 0 Å². The summed E-state index contributed by atoms with van der Waals surface area (Å²) in [6.07, 6.45) is 22.7. The van der Waals surface area contributed by atoms with Crippen molar-refractivity contribution in [3.8, 4) is 0 Å². The van der Waals surface area contributed by atoms with Gasteiger partial charge in [-0.1, -0.05) is 26.2 Å². The molecule has 3 aliphatic rings. The first-order valence-electron chi connectivity index (χ1n) is 7.27. The van der Waals surface area contributed by atoms with Crippen LogP contribution in [0.3, 0.4) is 0 Å². The molecule has 0 atom stereocenters. The predicted octanol–water partition coefficient (Wildman–Crippen LogP) is 4.40. The first-order chi connectivity index (χ1) is 9.29. The molecular formula is C18H23FeN+2. The van der Waals surface area contributed by atoms with Crippen molar-refractivity contribution in [3.05, 3.63) is 63.2 Å². The third-order valence-corrected chi connectivity index (χ3v) is 3.89. The summed E-state index contributed by atoms with van der Waals surface area (Å²) in [6, 6.07) is 0. The van der Waals surface area contributed by atoms with E-state index >= 15 is 0 Å². The normalized spacial score (nSPS) is 24.9. The average Bonchev–Trinajstić information content (AvgIpc) is 3.13. The van der Waals surface area contributed by atoms with E-state index in [0.29, 0.717) is 5.92 Å². The first kappa shape index (κ1) is 18.2. The van der Waals surface area contributed by atoms with E-state index in [-0.39, 0.29) is 17.1 Å². The summed E-state index contributed by atoms with van der Waals surface area (Å²) in [5.74, 6) is 2.97. The summed E-state index contributed by atoms with van der Waals surface area (Å²) >= 11 is 0. The molecule has 0 unspecified atom stereocenters. The molecule has 0 aromatic heterocycles. The topological polar surface area (TPSA) is 23.9 Å². The summed E-state index contributed by atoms with van der Waals surface area (Å²) in [4.78, 5) is 0. The molecule has 3 aliphatic carbocycles. The van der Waals surface area contributed by atoms with Crippen LogP contribution < -0.4 is 0 Å². The van der Waals surface area contributed by atoms with Gasteiger partial charge in [0.15, 0.2) is 0 Å². The van der Waals surface area contributed by atoms with E-state index < -0.39 is 0 Å². The van der Waals surface area contributed by atoms with Crippen LogP contribution in [-0.4, -0.2) is 5.71 Å². The summed E-state index contributed by atoms with van der Waals surface area (Å²) in [5, 5.41) is 8.18. The Labute approximate surface area is 136 Å². The Hall–Kier alpha value is 0.189. The molecule has 1 nitrogen and oxygen atoms in total. The van der Waals surface area contributed by atoms with E-state index in [9.17, 15) is 0 Å². The van der Waals surface area contributed by atoms with Crippen molar-refractivity contribution in [1.29, 1.82) is 5.41 Å². The van der Waals surface area contributed by atoms with Crippen LogP contribution in [-0.2, 0) is 17.1 Å². The third kappa shape index (κ3) is 5.52. The fourth-order valence-electron chi connectivity index (χ4n) is 2.74. The van der Waals surface area contributed by atoms with Crippen LogP contribution in [0.15, 0.2) is 0 Å². The van der Waals surface area contributed by atoms with Crippen LogP contribution in [0.4, 0.5) is 0 Å². The van der Waals surface area contributed by atoms with Crippen molar-refractivity contribution in [1.82, 2.24) is 0 Å². The molecule has 0 aliphatic heterocycles. The molecule has 0 aromatic carbocycles. The van der Waals surface area contributed by atoms with Crippen LogP contribution >= 0.6 is 0 Å². The maximum Gasteiger partial charge on any atom is 2.00 e. The number of hydrogen-bond acceptors (Lipinski definition) is 1. The minimum Gasteiger partial charge on any atom is -0.309 e. The van der Waals surface area contributed by atoms with Gasteiger partial charge in [-0.2, -0.15) is 0 Å². The molecule has 3 rings (SSSR count). The number of rotatable bonds is 2. The van der Waals surface area contributed by atoms with Crippen molar-refractivity contribution >= 4 is 5.71 Å². The van der Waals surface area contributed by atoms with E-state index in [1.165, 1.54) is 43.9 Å². The second kappa shape index (κ2) is 10.0. The molecule has 0 saturated heterocycles. The van der Waals surface area contributed by atoms with Crippen LogP contribution in [0.25, 0.3) is 0 Å². The molecule has 0 heterocycles. The molecule has 3 fully saturated rings. The minimum absolute atomic E-state index is 0. The summed E-state index contributed by atoms with van der Waals surface area (Å²) in [5.41, 5.74) is 0.882. The van der Waals surface area contributed by atoms with Crippen molar-refractivity contribution < 1.29 is 17.1 Å². The van der Waals surface area contributed by atoms with Crippen LogP contribution in [0.1, 0.15) is 39.0 Å². The van der Waals surface area contributed by atoms with Gasteiger partial charge in [-0.15, -0.1) is 0 Å². The monoisotopic (exact) mass is 309 g/mol. The molecule has 2 heteroatoms. The Kier molecular flexibility index (Phi) is 9.13. The fourth-order valence-corrected chi connectivity index (χ4v) is 2.74. The van der Waals surface area contributed by atoms with Gasteiger partial charge in [-0.3, -0.25) is 0 Å². The van der Waals surface area contributed by atoms with Crippen molar-refractivity contribution in [3.63, 3.8) is 0 Å². The van der Waals surface area contributed by atoms with Crippen molar-refractivity contribution in [2.24, 2.45) is 5.92 Å². The molecule has 1 N–H and O–H groups in total. The summed E-state index contributed by atoms with van der Waals surface area (Å²) < 4.78 is 0. The second-order valence-corrected chi connectivity index (χ2v) is 5.33. The SMILES string of the molecule is C[C]1[CH][CH][CH][C]1C(=N)C1CCCCC1.[CH]1[CH][CH][CH][CH]1.[Fe+2]. The van der Waals surface area contributed by atoms with Gasteiger partial charge in [-0.05, 0) is 76.0 Å². The molecule has 0 spiro atoms. The Bertz CT molecular complexity index is 259. The maximum absolute atomic E-state index is 8.18. The number of hydrogen-bond donors (Lipinski definition) is 1. The Morgan fingerprint density at radius 3 is 1.90 bits per heavy atom. The molecular weight excluding hydrogens is 286 g/mol. The zero-order valence-electron chi connectivity index (χ0n) is 12.1. The Morgan fingerprint density at radius 2 is 1.45 bits per heavy atom. The Morgan fingerprint density at radius 1 is 0.900 bits per heavy atom. The second-order valence-electron chi connectivity index (χ2n) is 5.33. The fraction of sp³-hybridized carbons (Fsp3) is 0.389. The molecule has 0 amide bonds. The molecule has 10 radical (unpaired) electrons. The van der Waals surface area contributed by atoms with E-state index in [0.717, 1.165) is 5.71 Å². The van der Waals surface area contributed by atoms with Gasteiger partial charge in [0.1, 0.15) is 0 Å². The number of nitrogens with one attached hydrogen (secondary N) is 1. The van der Waals surface area contributed by atoms with Gasteiger partial charge in [-0.25, -0.2) is 0 Å². The van der Waals surface area contributed by atoms with Gasteiger partial charge in [0, 0.05) is 11.6 Å². The van der Waals surface area contributed by atoms with Crippen molar-refractivity contribution in [2.45, 2.75) is 39.0 Å². The zero-order chi connectivity index (χ0) is 13.5. The van der Waals surface area contributed by atoms with Gasteiger partial charge < -0.3 is 5.41 Å². The van der Waals surface area contributed by atoms with Crippen LogP contribution in [0.2, 0.25) is 0 Å². The third-order valence-electron chi connectivity index (χ3n) is 3.89. The molecule has 106 valence electrons. The largest absolute Gasteiger partial charge is 2.00 e. The van der Waals surface area contributed by atoms with Crippen LogP contribution in [0.5, 0.6) is 0 Å². The van der Waals surface area contributed by atoms with Crippen LogP contribution in [0, 0.1) is 74.5 Å².